The van der Waals surface area contributed by atoms with Crippen molar-refractivity contribution >= 4 is 16.7 Å². The lowest BCUT2D eigenvalue weighted by molar-refractivity contribution is 0.125. The summed E-state index contributed by atoms with van der Waals surface area (Å²) < 4.78 is 2.53. The van der Waals surface area contributed by atoms with Crippen LogP contribution in [0.25, 0.3) is 22.4 Å². The molecule has 0 saturated carbocycles. The normalized spacial score (nSPS) is 20.7. The van der Waals surface area contributed by atoms with Gasteiger partial charge in [-0.1, -0.05) is 93.5 Å². The minimum atomic E-state index is -0.366. The number of allylic oxidation sites excluding steroid dienone is 3. The molecule has 0 N–H and O–H groups in total. The summed E-state index contributed by atoms with van der Waals surface area (Å²) in [6.07, 6.45) is 6.82. The first-order valence-corrected chi connectivity index (χ1v) is 14.9. The van der Waals surface area contributed by atoms with Crippen molar-refractivity contribution in [2.75, 3.05) is 4.90 Å². The van der Waals surface area contributed by atoms with Crippen LogP contribution in [-0.4, -0.2) is 9.55 Å². The molecule has 0 atom stereocenters. The van der Waals surface area contributed by atoms with Gasteiger partial charge in [-0.15, -0.1) is 0 Å². The van der Waals surface area contributed by atoms with Crippen molar-refractivity contribution in [3.63, 3.8) is 0 Å². The number of hydrogen-bond donors (Lipinski definition) is 0. The van der Waals surface area contributed by atoms with E-state index < -0.39 is 0 Å². The molecule has 5 rings (SSSR count). The third kappa shape index (κ3) is 3.57. The molecular formula is C36H49N3. The van der Waals surface area contributed by atoms with E-state index in [2.05, 4.69) is 148 Å². The quantitative estimate of drug-likeness (QED) is 0.317. The van der Waals surface area contributed by atoms with Crippen molar-refractivity contribution in [1.82, 2.24) is 9.55 Å². The van der Waals surface area contributed by atoms with E-state index in [0.717, 1.165) is 11.3 Å². The van der Waals surface area contributed by atoms with Gasteiger partial charge in [-0.25, -0.2) is 4.98 Å². The summed E-state index contributed by atoms with van der Waals surface area (Å²) >= 11 is 0. The van der Waals surface area contributed by atoms with Gasteiger partial charge in [0.05, 0.1) is 16.7 Å². The van der Waals surface area contributed by atoms with E-state index in [1.165, 1.54) is 39.2 Å². The highest BCUT2D eigenvalue weighted by molar-refractivity contribution is 5.91. The lowest BCUT2D eigenvalue weighted by Gasteiger charge is -2.47. The fourth-order valence-corrected chi connectivity index (χ4v) is 7.37. The molecule has 2 heterocycles. The Morgan fingerprint density at radius 3 is 2.05 bits per heavy atom. The van der Waals surface area contributed by atoms with Crippen LogP contribution >= 0.6 is 0 Å². The Balaban J connectivity index is 1.93. The third-order valence-electron chi connectivity index (χ3n) is 10.6. The van der Waals surface area contributed by atoms with E-state index in [4.69, 9.17) is 4.98 Å². The number of rotatable bonds is 4. The summed E-state index contributed by atoms with van der Waals surface area (Å²) in [5.74, 6) is 1.91. The Morgan fingerprint density at radius 2 is 1.49 bits per heavy atom. The minimum absolute atomic E-state index is 0.0396. The number of anilines is 1. The van der Waals surface area contributed by atoms with Gasteiger partial charge in [0, 0.05) is 11.3 Å². The van der Waals surface area contributed by atoms with Gasteiger partial charge in [0.1, 0.15) is 11.5 Å². The van der Waals surface area contributed by atoms with E-state index in [9.17, 15) is 0 Å². The van der Waals surface area contributed by atoms with Crippen molar-refractivity contribution in [3.8, 4) is 11.4 Å². The molecule has 1 aromatic heterocycles. The van der Waals surface area contributed by atoms with Crippen LogP contribution in [0.4, 0.5) is 5.69 Å². The molecule has 3 heteroatoms. The SMILES string of the molecule is C/C=C\C(=C/C(C)C)N1c2cccc(C(C)C)c2-c2nc3cc4c(cc3n2C1(C)C)C(C)(C)C(C)(C)C4(C)C. The first-order valence-electron chi connectivity index (χ1n) is 14.9. The molecule has 1 aliphatic carbocycles. The number of imidazole rings is 1. The largest absolute Gasteiger partial charge is 0.318 e. The number of hydrogen-bond acceptors (Lipinski definition) is 2. The van der Waals surface area contributed by atoms with Crippen LogP contribution < -0.4 is 4.90 Å². The summed E-state index contributed by atoms with van der Waals surface area (Å²) in [7, 11) is 0. The number of aromatic nitrogens is 2. The molecule has 0 saturated heterocycles. The van der Waals surface area contributed by atoms with Crippen LogP contribution in [0.1, 0.15) is 113 Å². The van der Waals surface area contributed by atoms with Crippen LogP contribution in [0.15, 0.2) is 54.3 Å². The Morgan fingerprint density at radius 1 is 0.872 bits per heavy atom. The molecule has 3 nitrogen and oxygen atoms in total. The molecule has 0 unspecified atom stereocenters. The van der Waals surface area contributed by atoms with Crippen molar-refractivity contribution in [2.24, 2.45) is 11.3 Å². The Hall–Kier alpha value is -2.81. The predicted molar refractivity (Wildman–Crippen MR) is 169 cm³/mol. The van der Waals surface area contributed by atoms with Gasteiger partial charge in [-0.2, -0.15) is 0 Å². The third-order valence-corrected chi connectivity index (χ3v) is 10.6. The topological polar surface area (TPSA) is 21.1 Å². The van der Waals surface area contributed by atoms with Gasteiger partial charge in [0.2, 0.25) is 0 Å². The molecule has 0 spiro atoms. The summed E-state index contributed by atoms with van der Waals surface area (Å²) in [5, 5.41) is 0. The molecule has 3 aromatic rings. The first kappa shape index (κ1) is 27.7. The molecule has 0 fully saturated rings. The molecule has 0 bridgehead atoms. The van der Waals surface area contributed by atoms with E-state index in [-0.39, 0.29) is 21.9 Å². The van der Waals surface area contributed by atoms with Gasteiger partial charge >= 0.3 is 0 Å². The summed E-state index contributed by atoms with van der Waals surface area (Å²) in [6, 6.07) is 11.7. The highest BCUT2D eigenvalue weighted by atomic mass is 15.4. The summed E-state index contributed by atoms with van der Waals surface area (Å²) in [5.41, 5.74) is 10.2. The van der Waals surface area contributed by atoms with Crippen molar-refractivity contribution < 1.29 is 0 Å². The second-order valence-corrected chi connectivity index (χ2v) is 14.6. The average molecular weight is 524 g/mol. The number of benzene rings is 2. The zero-order chi connectivity index (χ0) is 28.9. The first-order chi connectivity index (χ1) is 18.0. The lowest BCUT2D eigenvalue weighted by Crippen LogP contribution is -2.48. The smallest absolute Gasteiger partial charge is 0.145 e. The summed E-state index contributed by atoms with van der Waals surface area (Å²) in [6.45, 7) is 30.5. The molecule has 2 aromatic carbocycles. The minimum Gasteiger partial charge on any atom is -0.318 e. The standard InChI is InChI=1S/C36H49N3/c1-14-16-24(19-22(2)3)38-29-18-15-17-25(23(4)5)31(29)32-37-28-20-26-27(21-30(28)39(32)36(38,12)13)34(8,9)35(10,11)33(26,6)7/h14-23H,1-13H3/b16-14-,24-19+. The van der Waals surface area contributed by atoms with Crippen LogP contribution in [-0.2, 0) is 16.5 Å². The van der Waals surface area contributed by atoms with Gasteiger partial charge in [-0.3, -0.25) is 0 Å². The fraction of sp³-hybridized carbons (Fsp3) is 0.528. The number of nitrogens with zero attached hydrogens (tertiary/aromatic N) is 3. The molecule has 39 heavy (non-hydrogen) atoms. The van der Waals surface area contributed by atoms with Gasteiger partial charge in [0.15, 0.2) is 0 Å². The van der Waals surface area contributed by atoms with E-state index >= 15 is 0 Å². The maximum atomic E-state index is 5.47. The maximum Gasteiger partial charge on any atom is 0.145 e. The molecule has 208 valence electrons. The molecule has 0 amide bonds. The predicted octanol–water partition coefficient (Wildman–Crippen LogP) is 10.1. The monoisotopic (exact) mass is 523 g/mol. The van der Waals surface area contributed by atoms with Crippen molar-refractivity contribution in [2.45, 2.75) is 112 Å². The van der Waals surface area contributed by atoms with Crippen LogP contribution in [0.3, 0.4) is 0 Å². The van der Waals surface area contributed by atoms with Crippen molar-refractivity contribution in [1.29, 1.82) is 0 Å². The molecular weight excluding hydrogens is 474 g/mol. The zero-order valence-electron chi connectivity index (χ0n) is 26.6. The van der Waals surface area contributed by atoms with E-state index in [1.54, 1.807) is 0 Å². The highest BCUT2D eigenvalue weighted by Gasteiger charge is 2.57. The van der Waals surface area contributed by atoms with E-state index in [1.807, 2.05) is 0 Å². The highest BCUT2D eigenvalue weighted by Crippen LogP contribution is 2.62. The molecule has 2 aliphatic rings. The maximum absolute atomic E-state index is 5.47. The second kappa shape index (κ2) is 8.59. The Bertz CT molecular complexity index is 1520. The van der Waals surface area contributed by atoms with Crippen LogP contribution in [0.5, 0.6) is 0 Å². The number of fused-ring (bicyclic) bond motifs is 6. The Labute approximate surface area is 237 Å². The van der Waals surface area contributed by atoms with Gasteiger partial charge < -0.3 is 9.47 Å². The van der Waals surface area contributed by atoms with Gasteiger partial charge in [0.25, 0.3) is 0 Å². The van der Waals surface area contributed by atoms with Crippen molar-refractivity contribution in [3.05, 3.63) is 70.9 Å². The van der Waals surface area contributed by atoms with E-state index in [0.29, 0.717) is 11.8 Å². The second-order valence-electron chi connectivity index (χ2n) is 14.6. The lowest BCUT2D eigenvalue weighted by atomic mass is 9.59. The van der Waals surface area contributed by atoms with Crippen LogP contribution in [0, 0.1) is 11.3 Å². The van der Waals surface area contributed by atoms with Gasteiger partial charge in [-0.05, 0) is 89.8 Å². The molecule has 1 aliphatic heterocycles. The van der Waals surface area contributed by atoms with Crippen LogP contribution in [0.2, 0.25) is 0 Å². The zero-order valence-corrected chi connectivity index (χ0v) is 26.6. The Kier molecular flexibility index (Phi) is 6.11. The summed E-state index contributed by atoms with van der Waals surface area (Å²) in [4.78, 5) is 8.02. The fourth-order valence-electron chi connectivity index (χ4n) is 7.37. The molecule has 0 radical (unpaired) electrons. The average Bonchev–Trinajstić information content (AvgIpc) is 3.25.